The highest BCUT2D eigenvalue weighted by atomic mass is 15.3. The van der Waals surface area contributed by atoms with E-state index < -0.39 is 0 Å². The molecule has 1 rings (SSSR count). The van der Waals surface area contributed by atoms with E-state index in [1.54, 1.807) is 17.9 Å². The van der Waals surface area contributed by atoms with E-state index in [1.807, 2.05) is 19.2 Å². The molecule has 0 atom stereocenters. The zero-order chi connectivity index (χ0) is 9.68. The van der Waals surface area contributed by atoms with Gasteiger partial charge in [0.1, 0.15) is 5.49 Å². The first-order valence-corrected chi connectivity index (χ1v) is 4.09. The van der Waals surface area contributed by atoms with E-state index in [4.69, 9.17) is 0 Å². The van der Waals surface area contributed by atoms with Crippen LogP contribution in [0.3, 0.4) is 0 Å². The number of rotatable bonds is 3. The summed E-state index contributed by atoms with van der Waals surface area (Å²) in [6.07, 6.45) is 1.72. The third-order valence-corrected chi connectivity index (χ3v) is 1.64. The molecule has 0 amide bonds. The van der Waals surface area contributed by atoms with Gasteiger partial charge in [-0.05, 0) is 19.2 Å². The lowest BCUT2D eigenvalue weighted by Crippen LogP contribution is -2.26. The predicted octanol–water partition coefficient (Wildman–Crippen LogP) is 0.104. The standard InChI is InChI=1S/C9H14N4/c1-8(7-10-2)13-9(11-3)5-4-6-12-13/h4-6,10H,1,7H2,2-3H3. The molecule has 0 unspecified atom stereocenters. The van der Waals surface area contributed by atoms with E-state index in [2.05, 4.69) is 22.0 Å². The Labute approximate surface area is 77.6 Å². The number of nitrogens with one attached hydrogen (secondary N) is 1. The quantitative estimate of drug-likeness (QED) is 0.713. The third kappa shape index (κ3) is 2.26. The summed E-state index contributed by atoms with van der Waals surface area (Å²) in [6, 6.07) is 3.75. The van der Waals surface area contributed by atoms with Crippen LogP contribution >= 0.6 is 0 Å². The molecule has 1 aromatic heterocycles. The highest BCUT2D eigenvalue weighted by Gasteiger charge is 1.96. The molecule has 70 valence electrons. The number of hydrogen-bond acceptors (Lipinski definition) is 3. The number of nitrogens with zero attached hydrogens (tertiary/aromatic N) is 3. The van der Waals surface area contributed by atoms with E-state index in [9.17, 15) is 0 Å². The van der Waals surface area contributed by atoms with Crippen LogP contribution in [0.25, 0.3) is 5.70 Å². The van der Waals surface area contributed by atoms with Crippen LogP contribution in [0.15, 0.2) is 29.9 Å². The minimum atomic E-state index is 0.699. The van der Waals surface area contributed by atoms with Crippen LogP contribution in [0, 0.1) is 0 Å². The second-order valence-corrected chi connectivity index (χ2v) is 2.61. The molecule has 4 nitrogen and oxygen atoms in total. The summed E-state index contributed by atoms with van der Waals surface area (Å²) in [5.74, 6) is 0. The Morgan fingerprint density at radius 1 is 1.77 bits per heavy atom. The maximum absolute atomic E-state index is 4.15. The van der Waals surface area contributed by atoms with E-state index in [1.165, 1.54) is 0 Å². The van der Waals surface area contributed by atoms with Crippen LogP contribution in [0.4, 0.5) is 0 Å². The van der Waals surface area contributed by atoms with Crippen molar-refractivity contribution in [2.45, 2.75) is 0 Å². The van der Waals surface area contributed by atoms with E-state index in [0.29, 0.717) is 6.54 Å². The normalized spacial score (nSPS) is 11.7. The van der Waals surface area contributed by atoms with Gasteiger partial charge in [0, 0.05) is 19.8 Å². The van der Waals surface area contributed by atoms with E-state index >= 15 is 0 Å². The second-order valence-electron chi connectivity index (χ2n) is 2.61. The SMILES string of the molecule is C=C(CNC)n1ncccc1=NC. The summed E-state index contributed by atoms with van der Waals surface area (Å²) in [6.45, 7) is 4.60. The largest absolute Gasteiger partial charge is 0.314 e. The zero-order valence-corrected chi connectivity index (χ0v) is 7.99. The first-order chi connectivity index (χ1) is 6.29. The summed E-state index contributed by atoms with van der Waals surface area (Å²) >= 11 is 0. The van der Waals surface area contributed by atoms with Crippen molar-refractivity contribution in [2.24, 2.45) is 4.99 Å². The van der Waals surface area contributed by atoms with Gasteiger partial charge in [-0.3, -0.25) is 4.99 Å². The average Bonchev–Trinajstić information content (AvgIpc) is 2.18. The average molecular weight is 178 g/mol. The Bertz CT molecular complexity index is 351. The van der Waals surface area contributed by atoms with Crippen molar-refractivity contribution in [3.63, 3.8) is 0 Å². The van der Waals surface area contributed by atoms with Crippen LogP contribution in [0.2, 0.25) is 0 Å². The summed E-state index contributed by atoms with van der Waals surface area (Å²) in [5, 5.41) is 7.17. The third-order valence-electron chi connectivity index (χ3n) is 1.64. The molecule has 0 saturated carbocycles. The van der Waals surface area contributed by atoms with Gasteiger partial charge in [-0.2, -0.15) is 5.10 Å². The maximum Gasteiger partial charge on any atom is 0.148 e. The number of hydrogen-bond donors (Lipinski definition) is 1. The van der Waals surface area contributed by atoms with Gasteiger partial charge in [-0.1, -0.05) is 6.58 Å². The lowest BCUT2D eigenvalue weighted by atomic mass is 10.4. The Kier molecular flexibility index (Phi) is 3.40. The van der Waals surface area contributed by atoms with Crippen molar-refractivity contribution < 1.29 is 0 Å². The van der Waals surface area contributed by atoms with Crippen LogP contribution in [0.1, 0.15) is 0 Å². The van der Waals surface area contributed by atoms with Crippen molar-refractivity contribution in [1.29, 1.82) is 0 Å². The van der Waals surface area contributed by atoms with Crippen LogP contribution in [0.5, 0.6) is 0 Å². The fraction of sp³-hybridized carbons (Fsp3) is 0.333. The molecule has 0 aliphatic heterocycles. The molecule has 0 aliphatic rings. The molecule has 1 N–H and O–H groups in total. The van der Waals surface area contributed by atoms with Crippen LogP contribution in [-0.2, 0) is 0 Å². The molecule has 1 aromatic rings. The maximum atomic E-state index is 4.15. The van der Waals surface area contributed by atoms with Crippen molar-refractivity contribution in [3.8, 4) is 0 Å². The molecule has 0 bridgehead atoms. The monoisotopic (exact) mass is 178 g/mol. The zero-order valence-electron chi connectivity index (χ0n) is 7.99. The minimum Gasteiger partial charge on any atom is -0.314 e. The molecule has 0 spiro atoms. The van der Waals surface area contributed by atoms with Crippen LogP contribution in [-0.4, -0.2) is 30.4 Å². The van der Waals surface area contributed by atoms with Gasteiger partial charge in [0.15, 0.2) is 0 Å². The Hall–Kier alpha value is -1.42. The second kappa shape index (κ2) is 4.57. The Morgan fingerprint density at radius 2 is 2.54 bits per heavy atom. The molecular weight excluding hydrogens is 164 g/mol. The Morgan fingerprint density at radius 3 is 3.15 bits per heavy atom. The smallest absolute Gasteiger partial charge is 0.148 e. The lowest BCUT2D eigenvalue weighted by Gasteiger charge is -2.07. The highest BCUT2D eigenvalue weighted by molar-refractivity contribution is 5.40. The fourth-order valence-corrected chi connectivity index (χ4v) is 1.06. The summed E-state index contributed by atoms with van der Waals surface area (Å²) in [7, 11) is 3.61. The van der Waals surface area contributed by atoms with Gasteiger partial charge in [0.2, 0.25) is 0 Å². The molecule has 4 heteroatoms. The van der Waals surface area contributed by atoms with Crippen molar-refractivity contribution in [2.75, 3.05) is 20.6 Å². The first-order valence-electron chi connectivity index (χ1n) is 4.09. The topological polar surface area (TPSA) is 42.2 Å². The van der Waals surface area contributed by atoms with Gasteiger partial charge >= 0.3 is 0 Å². The Balaban J connectivity index is 3.07. The molecule has 1 heterocycles. The van der Waals surface area contributed by atoms with Crippen molar-refractivity contribution >= 4 is 5.70 Å². The van der Waals surface area contributed by atoms with Gasteiger partial charge in [0.05, 0.1) is 5.70 Å². The molecule has 0 saturated heterocycles. The molecule has 13 heavy (non-hydrogen) atoms. The minimum absolute atomic E-state index is 0.699. The molecule has 0 aromatic carbocycles. The molecule has 0 fully saturated rings. The first kappa shape index (κ1) is 9.67. The molecule has 0 aliphatic carbocycles. The van der Waals surface area contributed by atoms with Crippen molar-refractivity contribution in [3.05, 3.63) is 30.4 Å². The summed E-state index contributed by atoms with van der Waals surface area (Å²) in [5.41, 5.74) is 1.69. The number of aromatic nitrogens is 2. The predicted molar refractivity (Wildman–Crippen MR) is 53.0 cm³/mol. The highest BCUT2D eigenvalue weighted by Crippen LogP contribution is 1.90. The van der Waals surface area contributed by atoms with Gasteiger partial charge < -0.3 is 5.32 Å². The van der Waals surface area contributed by atoms with Crippen molar-refractivity contribution in [1.82, 2.24) is 15.1 Å². The number of likely N-dealkylation sites (N-methyl/N-ethyl adjacent to an activating group) is 1. The van der Waals surface area contributed by atoms with Gasteiger partial charge in [-0.15, -0.1) is 0 Å². The van der Waals surface area contributed by atoms with Gasteiger partial charge in [0.25, 0.3) is 0 Å². The van der Waals surface area contributed by atoms with E-state index in [0.717, 1.165) is 11.2 Å². The summed E-state index contributed by atoms with van der Waals surface area (Å²) in [4.78, 5) is 4.09. The fourth-order valence-electron chi connectivity index (χ4n) is 1.06. The molecular formula is C9H14N4. The van der Waals surface area contributed by atoms with E-state index in [-0.39, 0.29) is 0 Å². The van der Waals surface area contributed by atoms with Crippen LogP contribution < -0.4 is 10.8 Å². The molecule has 0 radical (unpaired) electrons. The lowest BCUT2D eigenvalue weighted by molar-refractivity contribution is 0.759. The summed E-state index contributed by atoms with van der Waals surface area (Å²) < 4.78 is 1.72. The van der Waals surface area contributed by atoms with Gasteiger partial charge in [-0.25, -0.2) is 4.68 Å².